The molecule has 0 fully saturated rings. The Labute approximate surface area is 117 Å². The van der Waals surface area contributed by atoms with Gasteiger partial charge in [0, 0.05) is 30.3 Å². The third kappa shape index (κ3) is 4.46. The van der Waals surface area contributed by atoms with Gasteiger partial charge in [-0.25, -0.2) is 0 Å². The molecule has 0 aliphatic heterocycles. The molecular weight excluding hydrogens is 294 g/mol. The summed E-state index contributed by atoms with van der Waals surface area (Å²) in [5.74, 6) is -0.0181. The van der Waals surface area contributed by atoms with Crippen LogP contribution in [-0.2, 0) is 7.05 Å². The minimum Gasteiger partial charge on any atom is -0.351 e. The fourth-order valence-corrected chi connectivity index (χ4v) is 2.15. The zero-order chi connectivity index (χ0) is 13.7. The van der Waals surface area contributed by atoms with E-state index in [4.69, 9.17) is 0 Å². The van der Waals surface area contributed by atoms with Crippen molar-refractivity contribution in [1.29, 1.82) is 0 Å². The molecule has 0 spiro atoms. The summed E-state index contributed by atoms with van der Waals surface area (Å²) in [6, 6.07) is 2.37. The van der Waals surface area contributed by atoms with Crippen LogP contribution in [0.5, 0.6) is 0 Å². The first-order valence-corrected chi connectivity index (χ1v) is 7.01. The van der Waals surface area contributed by atoms with Crippen molar-refractivity contribution < 1.29 is 4.79 Å². The Morgan fingerprint density at radius 2 is 2.22 bits per heavy atom. The Balaban J connectivity index is 2.32. The van der Waals surface area contributed by atoms with Crippen LogP contribution in [-0.4, -0.2) is 41.6 Å². The molecule has 1 aromatic heterocycles. The quantitative estimate of drug-likeness (QED) is 0.818. The van der Waals surface area contributed by atoms with Crippen molar-refractivity contribution in [2.75, 3.05) is 20.1 Å². The minimum atomic E-state index is -0.0181. The summed E-state index contributed by atoms with van der Waals surface area (Å²) in [6.45, 7) is 6.04. The van der Waals surface area contributed by atoms with Gasteiger partial charge in [-0.3, -0.25) is 4.79 Å². The van der Waals surface area contributed by atoms with E-state index in [-0.39, 0.29) is 5.91 Å². The lowest BCUT2D eigenvalue weighted by Crippen LogP contribution is -2.31. The van der Waals surface area contributed by atoms with Crippen molar-refractivity contribution in [3.63, 3.8) is 0 Å². The third-order valence-corrected chi connectivity index (χ3v) is 3.49. The smallest absolute Gasteiger partial charge is 0.267 e. The Morgan fingerprint density at radius 3 is 2.72 bits per heavy atom. The van der Waals surface area contributed by atoms with E-state index >= 15 is 0 Å². The molecule has 18 heavy (non-hydrogen) atoms. The number of hydrogen-bond donors (Lipinski definition) is 1. The highest BCUT2D eigenvalue weighted by molar-refractivity contribution is 9.10. The highest BCUT2D eigenvalue weighted by atomic mass is 79.9. The largest absolute Gasteiger partial charge is 0.351 e. The van der Waals surface area contributed by atoms with Gasteiger partial charge in [-0.2, -0.15) is 0 Å². The SMILES string of the molecule is CC(C)N(C)CCCNC(=O)c1cc(Br)cn1C. The molecular formula is C13H22BrN3O. The van der Waals surface area contributed by atoms with Crippen LogP contribution in [0.2, 0.25) is 0 Å². The second kappa shape index (κ2) is 6.95. The molecule has 1 amide bonds. The molecule has 0 atom stereocenters. The predicted octanol–water partition coefficient (Wildman–Crippen LogP) is 2.25. The van der Waals surface area contributed by atoms with Crippen LogP contribution in [0.3, 0.4) is 0 Å². The molecule has 1 N–H and O–H groups in total. The Hall–Kier alpha value is -0.810. The lowest BCUT2D eigenvalue weighted by atomic mass is 10.3. The van der Waals surface area contributed by atoms with Crippen molar-refractivity contribution in [2.24, 2.45) is 7.05 Å². The summed E-state index contributed by atoms with van der Waals surface area (Å²) < 4.78 is 2.74. The number of carbonyl (C=O) groups is 1. The molecule has 1 aromatic rings. The molecule has 0 unspecified atom stereocenters. The van der Waals surface area contributed by atoms with Crippen molar-refractivity contribution in [3.8, 4) is 0 Å². The lowest BCUT2D eigenvalue weighted by molar-refractivity contribution is 0.0943. The van der Waals surface area contributed by atoms with Gasteiger partial charge >= 0.3 is 0 Å². The lowest BCUT2D eigenvalue weighted by Gasteiger charge is -2.20. The molecule has 4 nitrogen and oxygen atoms in total. The van der Waals surface area contributed by atoms with Crippen LogP contribution in [0.25, 0.3) is 0 Å². The number of nitrogens with one attached hydrogen (secondary N) is 1. The summed E-state index contributed by atoms with van der Waals surface area (Å²) in [7, 11) is 3.97. The Morgan fingerprint density at radius 1 is 1.56 bits per heavy atom. The number of hydrogen-bond acceptors (Lipinski definition) is 2. The monoisotopic (exact) mass is 315 g/mol. The summed E-state index contributed by atoms with van der Waals surface area (Å²) in [4.78, 5) is 14.2. The topological polar surface area (TPSA) is 37.3 Å². The Kier molecular flexibility index (Phi) is 5.88. The predicted molar refractivity (Wildman–Crippen MR) is 77.8 cm³/mol. The summed E-state index contributed by atoms with van der Waals surface area (Å²) in [6.07, 6.45) is 2.84. The first-order valence-electron chi connectivity index (χ1n) is 6.22. The highest BCUT2D eigenvalue weighted by Gasteiger charge is 2.10. The Bertz CT molecular complexity index is 401. The fraction of sp³-hybridized carbons (Fsp3) is 0.615. The van der Waals surface area contributed by atoms with Gasteiger partial charge in [0.1, 0.15) is 5.69 Å². The van der Waals surface area contributed by atoms with Crippen LogP contribution in [0.4, 0.5) is 0 Å². The van der Waals surface area contributed by atoms with E-state index in [0.29, 0.717) is 18.3 Å². The molecule has 0 aromatic carbocycles. The molecule has 1 heterocycles. The van der Waals surface area contributed by atoms with Gasteiger partial charge in [-0.1, -0.05) is 0 Å². The standard InChI is InChI=1S/C13H22BrN3O/c1-10(2)16(3)7-5-6-15-13(18)12-8-11(14)9-17(12)4/h8-10H,5-7H2,1-4H3,(H,15,18). The summed E-state index contributed by atoms with van der Waals surface area (Å²) in [5.41, 5.74) is 0.680. The van der Waals surface area contributed by atoms with Gasteiger partial charge in [0.15, 0.2) is 0 Å². The van der Waals surface area contributed by atoms with Gasteiger partial charge in [0.2, 0.25) is 0 Å². The van der Waals surface area contributed by atoms with E-state index in [1.165, 1.54) is 0 Å². The van der Waals surface area contributed by atoms with Crippen molar-refractivity contribution in [1.82, 2.24) is 14.8 Å². The van der Waals surface area contributed by atoms with Crippen molar-refractivity contribution in [3.05, 3.63) is 22.4 Å². The maximum atomic E-state index is 11.9. The molecule has 1 rings (SSSR count). The number of halogens is 1. The number of rotatable bonds is 6. The fourth-order valence-electron chi connectivity index (χ4n) is 1.63. The van der Waals surface area contributed by atoms with Crippen molar-refractivity contribution in [2.45, 2.75) is 26.3 Å². The van der Waals surface area contributed by atoms with E-state index in [1.807, 2.05) is 23.9 Å². The molecule has 0 radical (unpaired) electrons. The maximum Gasteiger partial charge on any atom is 0.267 e. The number of aryl methyl sites for hydroxylation is 1. The molecule has 0 bridgehead atoms. The second-order valence-electron chi connectivity index (χ2n) is 4.84. The number of carbonyl (C=O) groups excluding carboxylic acids is 1. The van der Waals surface area contributed by atoms with E-state index < -0.39 is 0 Å². The maximum absolute atomic E-state index is 11.9. The van der Waals surface area contributed by atoms with Crippen LogP contribution in [0.15, 0.2) is 16.7 Å². The van der Waals surface area contributed by atoms with E-state index in [9.17, 15) is 4.79 Å². The average Bonchev–Trinajstić information content (AvgIpc) is 2.63. The van der Waals surface area contributed by atoms with Crippen LogP contribution in [0, 0.1) is 0 Å². The van der Waals surface area contributed by atoms with E-state index in [2.05, 4.69) is 47.0 Å². The van der Waals surface area contributed by atoms with Crippen molar-refractivity contribution >= 4 is 21.8 Å². The first-order chi connectivity index (χ1) is 8.41. The average molecular weight is 316 g/mol. The van der Waals surface area contributed by atoms with Crippen LogP contribution >= 0.6 is 15.9 Å². The number of nitrogens with zero attached hydrogens (tertiary/aromatic N) is 2. The summed E-state index contributed by atoms with van der Waals surface area (Å²) >= 11 is 3.36. The van der Waals surface area contributed by atoms with E-state index in [0.717, 1.165) is 17.4 Å². The number of amides is 1. The van der Waals surface area contributed by atoms with Gasteiger partial charge in [0.25, 0.3) is 5.91 Å². The van der Waals surface area contributed by atoms with E-state index in [1.54, 1.807) is 0 Å². The van der Waals surface area contributed by atoms with Gasteiger partial charge < -0.3 is 14.8 Å². The summed E-state index contributed by atoms with van der Waals surface area (Å²) in [5, 5.41) is 2.94. The zero-order valence-corrected chi connectivity index (χ0v) is 13.1. The van der Waals surface area contributed by atoms with Gasteiger partial charge in [-0.15, -0.1) is 0 Å². The molecule has 5 heteroatoms. The third-order valence-electron chi connectivity index (χ3n) is 3.06. The second-order valence-corrected chi connectivity index (χ2v) is 5.75. The number of aromatic nitrogens is 1. The first kappa shape index (κ1) is 15.2. The zero-order valence-electron chi connectivity index (χ0n) is 11.5. The van der Waals surface area contributed by atoms with Crippen LogP contribution in [0.1, 0.15) is 30.8 Å². The molecule has 0 saturated carbocycles. The normalized spacial score (nSPS) is 11.3. The molecule has 102 valence electrons. The molecule has 0 aliphatic rings. The molecule has 0 saturated heterocycles. The highest BCUT2D eigenvalue weighted by Crippen LogP contribution is 2.13. The molecule has 0 aliphatic carbocycles. The minimum absolute atomic E-state index is 0.0181. The van der Waals surface area contributed by atoms with Crippen LogP contribution < -0.4 is 5.32 Å². The van der Waals surface area contributed by atoms with Gasteiger partial charge in [0.05, 0.1) is 0 Å². The van der Waals surface area contributed by atoms with Gasteiger partial charge in [-0.05, 0) is 55.9 Å².